The van der Waals surface area contributed by atoms with Crippen LogP contribution in [0.25, 0.3) is 22.6 Å². The van der Waals surface area contributed by atoms with Gasteiger partial charge >= 0.3 is 0 Å². The molecule has 5 rings (SSSR count). The number of nitrogens with zero attached hydrogens (tertiary/aromatic N) is 5. The van der Waals surface area contributed by atoms with Crippen LogP contribution >= 0.6 is 0 Å². The van der Waals surface area contributed by atoms with Gasteiger partial charge in [0.25, 0.3) is 0 Å². The molecule has 1 aromatic carbocycles. The van der Waals surface area contributed by atoms with Crippen molar-refractivity contribution in [3.8, 4) is 11.4 Å². The predicted octanol–water partition coefficient (Wildman–Crippen LogP) is 2.92. The van der Waals surface area contributed by atoms with Crippen LogP contribution < -0.4 is 15.8 Å². The Bertz CT molecular complexity index is 1100. The van der Waals surface area contributed by atoms with E-state index in [0.717, 1.165) is 53.7 Å². The molecule has 0 bridgehead atoms. The minimum atomic E-state index is -0.460. The van der Waals surface area contributed by atoms with Crippen molar-refractivity contribution in [3.05, 3.63) is 30.1 Å². The molecule has 9 nitrogen and oxygen atoms in total. The molecule has 2 aliphatic heterocycles. The average Bonchev–Trinajstić information content (AvgIpc) is 3.18. The average molecular weight is 438 g/mol. The molecule has 2 N–H and O–H groups in total. The Kier molecular flexibility index (Phi) is 5.48. The summed E-state index contributed by atoms with van der Waals surface area (Å²) >= 11 is 0. The first-order valence-electron chi connectivity index (χ1n) is 11.3. The zero-order valence-corrected chi connectivity index (χ0v) is 19.2. The van der Waals surface area contributed by atoms with Crippen molar-refractivity contribution in [2.75, 3.05) is 43.2 Å². The minimum absolute atomic E-state index is 0.345. The summed E-state index contributed by atoms with van der Waals surface area (Å²) < 4.78 is 13.8. The standard InChI is InChI=1S/C23H31N7O2/c1-15(2)27-28-17-7-5-16(6-8-17)19-25-20(29-9-12-31-13-10-29)18-21(26-19)30-11-14-32-23(3,4)22(30)24-18/h5-8,15,27-28H,9-14H2,1-4H3. The number of hydrogen-bond donors (Lipinski definition) is 2. The van der Waals surface area contributed by atoms with Gasteiger partial charge in [0, 0.05) is 36.9 Å². The SMILES string of the molecule is CC(C)NNc1ccc(-c2nc(N3CCOCC3)c3nc4n(c3n2)CCOC4(C)C)cc1. The Morgan fingerprint density at radius 1 is 0.969 bits per heavy atom. The second-order valence-electron chi connectivity index (χ2n) is 9.09. The van der Waals surface area contributed by atoms with Crippen molar-refractivity contribution in [1.82, 2.24) is 24.9 Å². The highest BCUT2D eigenvalue weighted by atomic mass is 16.5. The predicted molar refractivity (Wildman–Crippen MR) is 125 cm³/mol. The second kappa shape index (κ2) is 8.31. The van der Waals surface area contributed by atoms with E-state index in [9.17, 15) is 0 Å². The van der Waals surface area contributed by atoms with E-state index in [1.54, 1.807) is 0 Å². The summed E-state index contributed by atoms with van der Waals surface area (Å²) in [5.74, 6) is 2.48. The lowest BCUT2D eigenvalue weighted by Crippen LogP contribution is -2.37. The maximum absolute atomic E-state index is 6.00. The van der Waals surface area contributed by atoms with E-state index in [1.807, 2.05) is 12.1 Å². The zero-order chi connectivity index (χ0) is 22.3. The van der Waals surface area contributed by atoms with E-state index >= 15 is 0 Å². The minimum Gasteiger partial charge on any atom is -0.378 e. The summed E-state index contributed by atoms with van der Waals surface area (Å²) in [6.07, 6.45) is 0. The van der Waals surface area contributed by atoms with Gasteiger partial charge in [-0.1, -0.05) is 0 Å². The van der Waals surface area contributed by atoms with Gasteiger partial charge in [-0.2, -0.15) is 0 Å². The lowest BCUT2D eigenvalue weighted by molar-refractivity contribution is -0.0530. The van der Waals surface area contributed by atoms with Gasteiger partial charge in [0.1, 0.15) is 11.4 Å². The van der Waals surface area contributed by atoms with E-state index in [4.69, 9.17) is 24.4 Å². The van der Waals surface area contributed by atoms with Crippen LogP contribution in [0.15, 0.2) is 24.3 Å². The molecule has 0 saturated carbocycles. The van der Waals surface area contributed by atoms with Crippen LogP contribution in [0.4, 0.5) is 11.5 Å². The third-order valence-corrected chi connectivity index (χ3v) is 5.85. The molecular weight excluding hydrogens is 406 g/mol. The fourth-order valence-corrected chi connectivity index (χ4v) is 4.17. The number of anilines is 2. The van der Waals surface area contributed by atoms with Crippen LogP contribution in [0.1, 0.15) is 33.5 Å². The molecule has 4 heterocycles. The first kappa shape index (κ1) is 21.1. The highest BCUT2D eigenvalue weighted by molar-refractivity contribution is 5.86. The molecule has 0 amide bonds. The highest BCUT2D eigenvalue weighted by Crippen LogP contribution is 2.35. The highest BCUT2D eigenvalue weighted by Gasteiger charge is 2.34. The van der Waals surface area contributed by atoms with Crippen molar-refractivity contribution in [1.29, 1.82) is 0 Å². The molecule has 0 spiro atoms. The zero-order valence-electron chi connectivity index (χ0n) is 19.2. The van der Waals surface area contributed by atoms with Crippen molar-refractivity contribution in [2.45, 2.75) is 45.9 Å². The Morgan fingerprint density at radius 2 is 1.72 bits per heavy atom. The van der Waals surface area contributed by atoms with Crippen LogP contribution in [0.2, 0.25) is 0 Å². The number of imidazole rings is 1. The van der Waals surface area contributed by atoms with Crippen molar-refractivity contribution >= 4 is 22.7 Å². The number of morpholine rings is 1. The Hall–Kier alpha value is -2.75. The Balaban J connectivity index is 1.60. The smallest absolute Gasteiger partial charge is 0.166 e. The number of nitrogens with one attached hydrogen (secondary N) is 2. The van der Waals surface area contributed by atoms with E-state index in [0.29, 0.717) is 31.7 Å². The monoisotopic (exact) mass is 437 g/mol. The first-order chi connectivity index (χ1) is 15.4. The topological polar surface area (TPSA) is 89.4 Å². The lowest BCUT2D eigenvalue weighted by Gasteiger charge is -2.30. The summed E-state index contributed by atoms with van der Waals surface area (Å²) in [6.45, 7) is 12.6. The molecule has 170 valence electrons. The van der Waals surface area contributed by atoms with Gasteiger partial charge in [-0.15, -0.1) is 0 Å². The van der Waals surface area contributed by atoms with Gasteiger partial charge in [0.2, 0.25) is 0 Å². The van der Waals surface area contributed by atoms with Gasteiger partial charge in [0.05, 0.1) is 19.8 Å². The quantitative estimate of drug-likeness (QED) is 0.589. The molecule has 2 aromatic heterocycles. The Labute approximate surface area is 188 Å². The Morgan fingerprint density at radius 3 is 2.44 bits per heavy atom. The van der Waals surface area contributed by atoms with Crippen molar-refractivity contribution in [3.63, 3.8) is 0 Å². The maximum Gasteiger partial charge on any atom is 0.166 e. The molecule has 9 heteroatoms. The molecule has 0 radical (unpaired) electrons. The molecule has 1 fully saturated rings. The largest absolute Gasteiger partial charge is 0.378 e. The molecular formula is C23H31N7O2. The van der Waals surface area contributed by atoms with Gasteiger partial charge in [-0.25, -0.2) is 20.4 Å². The van der Waals surface area contributed by atoms with Gasteiger partial charge in [0.15, 0.2) is 22.8 Å². The van der Waals surface area contributed by atoms with E-state index in [2.05, 4.69) is 60.1 Å². The third kappa shape index (κ3) is 3.92. The molecule has 0 unspecified atom stereocenters. The first-order valence-corrected chi connectivity index (χ1v) is 11.3. The molecule has 32 heavy (non-hydrogen) atoms. The van der Waals surface area contributed by atoms with Gasteiger partial charge in [-0.3, -0.25) is 0 Å². The van der Waals surface area contributed by atoms with Crippen molar-refractivity contribution < 1.29 is 9.47 Å². The summed E-state index contributed by atoms with van der Waals surface area (Å²) in [5.41, 5.74) is 9.64. The number of hydrazine groups is 1. The fraction of sp³-hybridized carbons (Fsp3) is 0.522. The number of fused-ring (bicyclic) bond motifs is 3. The number of ether oxygens (including phenoxy) is 2. The van der Waals surface area contributed by atoms with Crippen LogP contribution in [0.3, 0.4) is 0 Å². The van der Waals surface area contributed by atoms with Crippen LogP contribution in [0.5, 0.6) is 0 Å². The number of aromatic nitrogens is 4. The van der Waals surface area contributed by atoms with Crippen LogP contribution in [0, 0.1) is 0 Å². The summed E-state index contributed by atoms with van der Waals surface area (Å²) in [4.78, 5) is 17.2. The number of benzene rings is 1. The fourth-order valence-electron chi connectivity index (χ4n) is 4.17. The maximum atomic E-state index is 6.00. The lowest BCUT2D eigenvalue weighted by atomic mass is 10.1. The third-order valence-electron chi connectivity index (χ3n) is 5.85. The van der Waals surface area contributed by atoms with Crippen LogP contribution in [-0.4, -0.2) is 58.5 Å². The van der Waals surface area contributed by atoms with Gasteiger partial charge < -0.3 is 24.4 Å². The van der Waals surface area contributed by atoms with E-state index in [-0.39, 0.29) is 0 Å². The second-order valence-corrected chi connectivity index (χ2v) is 9.09. The molecule has 3 aromatic rings. The van der Waals surface area contributed by atoms with Crippen LogP contribution in [-0.2, 0) is 21.6 Å². The number of rotatable bonds is 5. The molecule has 0 atom stereocenters. The number of hydrogen-bond acceptors (Lipinski definition) is 8. The van der Waals surface area contributed by atoms with E-state index in [1.165, 1.54) is 0 Å². The molecule has 1 saturated heterocycles. The van der Waals surface area contributed by atoms with E-state index < -0.39 is 5.60 Å². The van der Waals surface area contributed by atoms with Gasteiger partial charge in [-0.05, 0) is 52.0 Å². The summed E-state index contributed by atoms with van der Waals surface area (Å²) in [7, 11) is 0. The summed E-state index contributed by atoms with van der Waals surface area (Å²) in [6, 6.07) is 8.52. The normalized spacial score (nSPS) is 18.2. The molecule has 2 aliphatic rings. The molecule has 0 aliphatic carbocycles. The summed E-state index contributed by atoms with van der Waals surface area (Å²) in [5, 5.41) is 0. The van der Waals surface area contributed by atoms with Crippen molar-refractivity contribution in [2.24, 2.45) is 0 Å².